The van der Waals surface area contributed by atoms with Gasteiger partial charge in [-0.1, -0.05) is 55.8 Å². The highest BCUT2D eigenvalue weighted by atomic mass is 16.5. The van der Waals surface area contributed by atoms with Crippen LogP contribution in [0.15, 0.2) is 42.0 Å². The van der Waals surface area contributed by atoms with Gasteiger partial charge in [-0.25, -0.2) is 0 Å². The monoisotopic (exact) mass is 499 g/mol. The number of rotatable bonds is 2. The van der Waals surface area contributed by atoms with Crippen LogP contribution in [-0.4, -0.2) is 40.4 Å². The molecule has 37 heavy (non-hydrogen) atoms. The van der Waals surface area contributed by atoms with Crippen LogP contribution in [0, 0.1) is 45.8 Å². The Balaban J connectivity index is 1.03. The Morgan fingerprint density at radius 3 is 2.76 bits per heavy atom. The second-order valence-corrected chi connectivity index (χ2v) is 15.4. The lowest BCUT2D eigenvalue weighted by Gasteiger charge is -2.60. The van der Waals surface area contributed by atoms with Crippen molar-refractivity contribution >= 4 is 0 Å². The van der Waals surface area contributed by atoms with E-state index in [9.17, 15) is 5.11 Å². The summed E-state index contributed by atoms with van der Waals surface area (Å²) in [6.07, 6.45) is 15.7. The zero-order valence-corrected chi connectivity index (χ0v) is 22.9. The van der Waals surface area contributed by atoms with Crippen molar-refractivity contribution < 1.29 is 9.84 Å². The first-order chi connectivity index (χ1) is 17.9. The van der Waals surface area contributed by atoms with Crippen LogP contribution in [0.25, 0.3) is 0 Å². The molecular weight excluding hydrogens is 454 g/mol. The highest BCUT2D eigenvalue weighted by Gasteiger charge is 2.91. The molecule has 2 heterocycles. The summed E-state index contributed by atoms with van der Waals surface area (Å²) < 4.78 is 7.45. The Kier molecular flexibility index (Phi) is 4.36. The van der Waals surface area contributed by atoms with Gasteiger partial charge < -0.3 is 9.84 Å². The van der Waals surface area contributed by atoms with Crippen LogP contribution >= 0.6 is 0 Å². The molecule has 5 saturated carbocycles. The molecule has 2 saturated heterocycles. The number of aliphatic hydroxyl groups is 1. The molecule has 9 rings (SSSR count). The van der Waals surface area contributed by atoms with Crippen molar-refractivity contribution in [1.29, 1.82) is 0 Å². The van der Waals surface area contributed by atoms with Crippen LogP contribution in [0.2, 0.25) is 0 Å². The van der Waals surface area contributed by atoms with Crippen molar-refractivity contribution in [2.24, 2.45) is 45.8 Å². The van der Waals surface area contributed by atoms with Gasteiger partial charge in [0.25, 0.3) is 0 Å². The topological polar surface area (TPSA) is 32.7 Å². The average Bonchev–Trinajstić information content (AvgIpc) is 3.36. The predicted molar refractivity (Wildman–Crippen MR) is 145 cm³/mol. The zero-order valence-electron chi connectivity index (χ0n) is 22.9. The van der Waals surface area contributed by atoms with E-state index in [1.54, 1.807) is 5.57 Å². The fourth-order valence-electron chi connectivity index (χ4n) is 12.9. The van der Waals surface area contributed by atoms with Crippen molar-refractivity contribution in [3.05, 3.63) is 47.5 Å². The largest absolute Gasteiger partial charge is 0.389 e. The Bertz CT molecular complexity index is 1160. The minimum absolute atomic E-state index is 0.188. The molecule has 12 atom stereocenters. The fraction of sp³-hybridized carbons (Fsp3) is 0.765. The second-order valence-electron chi connectivity index (χ2n) is 15.4. The maximum Gasteiger partial charge on any atom is 0.0793 e. The minimum Gasteiger partial charge on any atom is -0.389 e. The van der Waals surface area contributed by atoms with Gasteiger partial charge in [-0.3, -0.25) is 4.90 Å². The summed E-state index contributed by atoms with van der Waals surface area (Å²) in [6.45, 7) is 7.37. The minimum atomic E-state index is -0.194. The van der Waals surface area contributed by atoms with Crippen molar-refractivity contribution in [2.45, 2.75) is 108 Å². The van der Waals surface area contributed by atoms with Gasteiger partial charge in [0.1, 0.15) is 0 Å². The van der Waals surface area contributed by atoms with E-state index in [4.69, 9.17) is 4.74 Å². The normalized spacial score (nSPS) is 56.9. The van der Waals surface area contributed by atoms with Crippen LogP contribution < -0.4 is 0 Å². The van der Waals surface area contributed by atoms with Crippen molar-refractivity contribution in [2.75, 3.05) is 6.54 Å². The molecule has 0 amide bonds. The number of allylic oxidation sites excluding steroid dienone is 1. The molecule has 2 aliphatic heterocycles. The highest BCUT2D eigenvalue weighted by molar-refractivity contribution is 5.42. The Morgan fingerprint density at radius 2 is 1.89 bits per heavy atom. The van der Waals surface area contributed by atoms with E-state index >= 15 is 0 Å². The number of aliphatic hydroxyl groups excluding tert-OH is 1. The molecule has 0 bridgehead atoms. The summed E-state index contributed by atoms with van der Waals surface area (Å²) in [6, 6.07) is 11.8. The lowest BCUT2D eigenvalue weighted by molar-refractivity contribution is -0.211. The van der Waals surface area contributed by atoms with E-state index in [1.807, 2.05) is 0 Å². The molecule has 3 nitrogen and oxygen atoms in total. The van der Waals surface area contributed by atoms with Gasteiger partial charge in [0, 0.05) is 30.5 Å². The second kappa shape index (κ2) is 7.12. The summed E-state index contributed by atoms with van der Waals surface area (Å²) in [5.74, 6) is 4.19. The molecule has 3 unspecified atom stereocenters. The van der Waals surface area contributed by atoms with Crippen LogP contribution in [0.4, 0.5) is 0 Å². The summed E-state index contributed by atoms with van der Waals surface area (Å²) in [4.78, 5) is 2.85. The number of piperidine rings is 1. The molecule has 3 heteroatoms. The van der Waals surface area contributed by atoms with E-state index in [1.165, 1.54) is 69.9 Å². The van der Waals surface area contributed by atoms with Gasteiger partial charge in [0.05, 0.1) is 17.8 Å². The van der Waals surface area contributed by atoms with Crippen LogP contribution in [0.1, 0.15) is 83.6 Å². The number of benzene rings is 1. The first kappa shape index (κ1) is 22.6. The standard InChI is InChI=1S/C34H45NO2/c1-21-14-29-30(35(18-21)19-22-6-4-3-5-7-22)28-17-33-20-32(33)16-27-25(26(32)11-13-34(28,33)37-29)9-8-23-15-24(36)10-12-31(23,27)2/h3-7,15,21,24-30,36H,8-14,16-20H2,1-2H3/t21-,24-,25?,26-,27-,28+,29+,30-,31-,32?,33?,34+/m0/s1. The van der Waals surface area contributed by atoms with Crippen molar-refractivity contribution in [3.8, 4) is 0 Å². The Hall–Kier alpha value is -1.16. The lowest BCUT2D eigenvalue weighted by Crippen LogP contribution is -2.64. The number of hydrogen-bond acceptors (Lipinski definition) is 3. The van der Waals surface area contributed by atoms with Gasteiger partial charge >= 0.3 is 0 Å². The van der Waals surface area contributed by atoms with Crippen LogP contribution in [0.3, 0.4) is 0 Å². The van der Waals surface area contributed by atoms with E-state index in [-0.39, 0.29) is 11.7 Å². The van der Waals surface area contributed by atoms with E-state index in [2.05, 4.69) is 55.2 Å². The van der Waals surface area contributed by atoms with E-state index in [0.29, 0.717) is 28.4 Å². The molecule has 7 fully saturated rings. The van der Waals surface area contributed by atoms with Gasteiger partial charge in [-0.15, -0.1) is 0 Å². The summed E-state index contributed by atoms with van der Waals surface area (Å²) in [7, 11) is 0. The van der Waals surface area contributed by atoms with Gasteiger partial charge in [0.15, 0.2) is 0 Å². The third-order valence-electron chi connectivity index (χ3n) is 14.2. The van der Waals surface area contributed by atoms with Crippen molar-refractivity contribution in [1.82, 2.24) is 4.90 Å². The molecular formula is C34H45NO2. The molecule has 1 N–H and O–H groups in total. The molecule has 1 aromatic rings. The zero-order chi connectivity index (χ0) is 24.8. The Morgan fingerprint density at radius 1 is 1.03 bits per heavy atom. The molecule has 198 valence electrons. The SMILES string of the molecule is C[C@H]1C[C@H]2O[C@@]34CC[C@H]5C6CCC7=C[C@@H](O)CC[C@]7(C)[C@H]6CC56CC63C[C@@H]4[C@@H]2N(Cc2ccccc2)C1. The van der Waals surface area contributed by atoms with Gasteiger partial charge in [0.2, 0.25) is 0 Å². The van der Waals surface area contributed by atoms with E-state index in [0.717, 1.165) is 42.6 Å². The number of nitrogens with zero attached hydrogens (tertiary/aromatic N) is 1. The van der Waals surface area contributed by atoms with Crippen molar-refractivity contribution in [3.63, 3.8) is 0 Å². The number of likely N-dealkylation sites (tertiary alicyclic amines) is 1. The lowest BCUT2D eigenvalue weighted by atomic mass is 9.47. The third kappa shape index (κ3) is 2.57. The van der Waals surface area contributed by atoms with Crippen LogP contribution in [0.5, 0.6) is 0 Å². The summed E-state index contributed by atoms with van der Waals surface area (Å²) in [5.41, 5.74) is 4.69. The highest BCUT2D eigenvalue weighted by Crippen LogP contribution is 2.93. The maximum atomic E-state index is 10.4. The summed E-state index contributed by atoms with van der Waals surface area (Å²) >= 11 is 0. The smallest absolute Gasteiger partial charge is 0.0793 e. The number of fused-ring (bicyclic) bond motifs is 6. The first-order valence-electron chi connectivity index (χ1n) is 15.7. The molecule has 8 aliphatic rings. The third-order valence-corrected chi connectivity index (χ3v) is 14.2. The molecule has 3 spiro atoms. The predicted octanol–water partition coefficient (Wildman–Crippen LogP) is 6.36. The Labute approximate surface area is 223 Å². The van der Waals surface area contributed by atoms with Gasteiger partial charge in [-0.05, 0) is 104 Å². The number of ether oxygens (including phenoxy) is 1. The quantitative estimate of drug-likeness (QED) is 0.481. The van der Waals surface area contributed by atoms with Gasteiger partial charge in [-0.2, -0.15) is 0 Å². The molecule has 1 aromatic carbocycles. The summed E-state index contributed by atoms with van der Waals surface area (Å²) in [5, 5.41) is 10.4. The average molecular weight is 500 g/mol. The molecule has 0 aromatic heterocycles. The van der Waals surface area contributed by atoms with E-state index < -0.39 is 0 Å². The maximum absolute atomic E-state index is 10.4. The first-order valence-corrected chi connectivity index (χ1v) is 15.7. The number of hydrogen-bond donors (Lipinski definition) is 1. The fourth-order valence-corrected chi connectivity index (χ4v) is 12.9. The molecule has 0 radical (unpaired) electrons. The molecule has 6 aliphatic carbocycles. The van der Waals surface area contributed by atoms with Crippen LogP contribution in [-0.2, 0) is 11.3 Å².